The van der Waals surface area contributed by atoms with Crippen LogP contribution in [0.4, 0.5) is 10.9 Å². The van der Waals surface area contributed by atoms with Gasteiger partial charge in [-0.1, -0.05) is 0 Å². The predicted octanol–water partition coefficient (Wildman–Crippen LogP) is 1.45. The number of aromatic amines is 1. The first-order valence-electron chi connectivity index (χ1n) is 6.42. The lowest BCUT2D eigenvalue weighted by Gasteiger charge is -2.15. The third kappa shape index (κ3) is 2.78. The van der Waals surface area contributed by atoms with Gasteiger partial charge in [-0.25, -0.2) is 9.97 Å². The molecule has 0 aromatic carbocycles. The highest BCUT2D eigenvalue weighted by atomic mass is 32.1. The zero-order chi connectivity index (χ0) is 15.0. The van der Waals surface area contributed by atoms with Crippen LogP contribution in [0.2, 0.25) is 0 Å². The van der Waals surface area contributed by atoms with Gasteiger partial charge in [-0.05, 0) is 30.3 Å². The lowest BCUT2D eigenvalue weighted by molar-refractivity contribution is -0.389. The summed E-state index contributed by atoms with van der Waals surface area (Å²) >= 11 is 1.40. The SMILES string of the molecule is N[C@H]1CCc2nc(NC(=O)c3ccc([N+](=O)[O-])[nH]3)sc2C1. The highest BCUT2D eigenvalue weighted by Gasteiger charge is 2.22. The first-order valence-corrected chi connectivity index (χ1v) is 7.23. The highest BCUT2D eigenvalue weighted by molar-refractivity contribution is 7.15. The first kappa shape index (κ1) is 13.7. The minimum absolute atomic E-state index is 0.131. The van der Waals surface area contributed by atoms with E-state index < -0.39 is 10.8 Å². The molecule has 2 heterocycles. The van der Waals surface area contributed by atoms with E-state index in [1.807, 2.05) is 0 Å². The number of nitrogens with one attached hydrogen (secondary N) is 2. The van der Waals surface area contributed by atoms with E-state index in [1.165, 1.54) is 23.5 Å². The van der Waals surface area contributed by atoms with Crippen molar-refractivity contribution in [2.45, 2.75) is 25.3 Å². The van der Waals surface area contributed by atoms with Crippen LogP contribution in [0.15, 0.2) is 12.1 Å². The molecule has 2 aromatic heterocycles. The summed E-state index contributed by atoms with van der Waals surface area (Å²) in [6.07, 6.45) is 2.49. The number of rotatable bonds is 3. The molecule has 0 fully saturated rings. The summed E-state index contributed by atoms with van der Waals surface area (Å²) in [5.74, 6) is -0.664. The Balaban J connectivity index is 1.74. The third-order valence-electron chi connectivity index (χ3n) is 3.31. The van der Waals surface area contributed by atoms with Crippen LogP contribution in [0.25, 0.3) is 0 Å². The molecule has 21 heavy (non-hydrogen) atoms. The highest BCUT2D eigenvalue weighted by Crippen LogP contribution is 2.29. The second-order valence-electron chi connectivity index (χ2n) is 4.86. The Morgan fingerprint density at radius 2 is 2.38 bits per heavy atom. The molecule has 0 unspecified atom stereocenters. The normalized spacial score (nSPS) is 17.3. The number of nitrogens with two attached hydrogens (primary N) is 1. The van der Waals surface area contributed by atoms with Gasteiger partial charge in [0.1, 0.15) is 0 Å². The molecule has 1 atom stereocenters. The standard InChI is InChI=1S/C12H13N5O3S/c13-6-1-2-7-9(5-6)21-12(15-7)16-11(18)8-3-4-10(14-8)17(19)20/h3-4,6,14H,1-2,5,13H2,(H,15,16,18)/t6-/m0/s1. The Morgan fingerprint density at radius 1 is 1.57 bits per heavy atom. The Bertz CT molecular complexity index is 708. The van der Waals surface area contributed by atoms with Gasteiger partial charge < -0.3 is 15.8 Å². The predicted molar refractivity (Wildman–Crippen MR) is 77.5 cm³/mol. The van der Waals surface area contributed by atoms with Gasteiger partial charge in [-0.3, -0.25) is 10.1 Å². The monoisotopic (exact) mass is 307 g/mol. The van der Waals surface area contributed by atoms with Crippen molar-refractivity contribution in [3.63, 3.8) is 0 Å². The number of hydrogen-bond donors (Lipinski definition) is 3. The molecular weight excluding hydrogens is 294 g/mol. The van der Waals surface area contributed by atoms with Crippen molar-refractivity contribution >= 4 is 28.2 Å². The summed E-state index contributed by atoms with van der Waals surface area (Å²) in [7, 11) is 0. The van der Waals surface area contributed by atoms with Crippen LogP contribution in [0, 0.1) is 10.1 Å². The molecule has 2 aromatic rings. The molecule has 110 valence electrons. The fraction of sp³-hybridized carbons (Fsp3) is 0.333. The average Bonchev–Trinajstić information content (AvgIpc) is 3.03. The van der Waals surface area contributed by atoms with Gasteiger partial charge in [-0.2, -0.15) is 0 Å². The maximum atomic E-state index is 12.0. The van der Waals surface area contributed by atoms with Gasteiger partial charge in [0, 0.05) is 17.0 Å². The Kier molecular flexibility index (Phi) is 3.43. The van der Waals surface area contributed by atoms with Crippen LogP contribution in [0.1, 0.15) is 27.5 Å². The number of H-pyrrole nitrogens is 1. The number of carbonyl (C=O) groups is 1. The summed E-state index contributed by atoms with van der Waals surface area (Å²) in [5.41, 5.74) is 7.02. The molecule has 0 bridgehead atoms. The molecule has 8 nitrogen and oxygen atoms in total. The van der Waals surface area contributed by atoms with E-state index >= 15 is 0 Å². The van der Waals surface area contributed by atoms with Crippen LogP contribution in [0.5, 0.6) is 0 Å². The molecular formula is C12H13N5O3S. The van der Waals surface area contributed by atoms with Gasteiger partial charge in [0.2, 0.25) is 0 Å². The van der Waals surface area contributed by atoms with E-state index in [0.29, 0.717) is 5.13 Å². The van der Waals surface area contributed by atoms with Crippen LogP contribution in [-0.4, -0.2) is 26.8 Å². The second kappa shape index (κ2) is 5.26. The van der Waals surface area contributed by atoms with E-state index in [1.54, 1.807) is 0 Å². The average molecular weight is 307 g/mol. The minimum atomic E-state index is -0.583. The lowest BCUT2D eigenvalue weighted by atomic mass is 9.99. The van der Waals surface area contributed by atoms with Gasteiger partial charge in [0.05, 0.1) is 5.69 Å². The zero-order valence-corrected chi connectivity index (χ0v) is 11.8. The van der Waals surface area contributed by atoms with E-state index in [9.17, 15) is 14.9 Å². The zero-order valence-electron chi connectivity index (χ0n) is 11.0. The summed E-state index contributed by atoms with van der Waals surface area (Å²) in [4.78, 5) is 29.9. The van der Waals surface area contributed by atoms with Crippen LogP contribution < -0.4 is 11.1 Å². The maximum absolute atomic E-state index is 12.0. The molecule has 1 aliphatic carbocycles. The van der Waals surface area contributed by atoms with E-state index in [0.717, 1.165) is 29.8 Å². The Morgan fingerprint density at radius 3 is 3.10 bits per heavy atom. The van der Waals surface area contributed by atoms with Crippen molar-refractivity contribution in [2.75, 3.05) is 5.32 Å². The van der Waals surface area contributed by atoms with E-state index in [2.05, 4.69) is 15.3 Å². The van der Waals surface area contributed by atoms with Crippen molar-refractivity contribution in [1.82, 2.24) is 9.97 Å². The first-order chi connectivity index (χ1) is 10.0. The Labute approximate surface area is 123 Å². The smallest absolute Gasteiger partial charge is 0.321 e. The molecule has 9 heteroatoms. The summed E-state index contributed by atoms with van der Waals surface area (Å²) < 4.78 is 0. The molecule has 0 saturated heterocycles. The Hall–Kier alpha value is -2.26. The van der Waals surface area contributed by atoms with Gasteiger partial charge >= 0.3 is 5.82 Å². The van der Waals surface area contributed by atoms with Gasteiger partial charge in [-0.15, -0.1) is 11.3 Å². The number of carbonyl (C=O) groups excluding carboxylic acids is 1. The number of fused-ring (bicyclic) bond motifs is 1. The summed E-state index contributed by atoms with van der Waals surface area (Å²) in [6.45, 7) is 0. The van der Waals surface area contributed by atoms with Crippen LogP contribution in [-0.2, 0) is 12.8 Å². The lowest BCUT2D eigenvalue weighted by Crippen LogP contribution is -2.27. The molecule has 4 N–H and O–H groups in total. The van der Waals surface area contributed by atoms with Crippen molar-refractivity contribution in [1.29, 1.82) is 0 Å². The number of hydrogen-bond acceptors (Lipinski definition) is 6. The molecule has 0 aliphatic heterocycles. The molecule has 1 amide bonds. The molecule has 3 rings (SSSR count). The third-order valence-corrected chi connectivity index (χ3v) is 4.35. The second-order valence-corrected chi connectivity index (χ2v) is 5.94. The van der Waals surface area contributed by atoms with Crippen molar-refractivity contribution in [2.24, 2.45) is 5.73 Å². The van der Waals surface area contributed by atoms with Crippen molar-refractivity contribution in [3.8, 4) is 0 Å². The molecule has 0 saturated carbocycles. The van der Waals surface area contributed by atoms with Crippen LogP contribution >= 0.6 is 11.3 Å². The number of aromatic nitrogens is 2. The number of amides is 1. The number of nitro groups is 1. The topological polar surface area (TPSA) is 127 Å². The number of nitrogens with zero attached hydrogens (tertiary/aromatic N) is 2. The van der Waals surface area contributed by atoms with Crippen LogP contribution in [0.3, 0.4) is 0 Å². The molecule has 1 aliphatic rings. The summed E-state index contributed by atoms with van der Waals surface area (Å²) in [6, 6.07) is 2.77. The number of anilines is 1. The van der Waals surface area contributed by atoms with Gasteiger partial charge in [0.15, 0.2) is 10.8 Å². The van der Waals surface area contributed by atoms with Crippen molar-refractivity contribution in [3.05, 3.63) is 38.5 Å². The minimum Gasteiger partial charge on any atom is -0.358 e. The quantitative estimate of drug-likeness (QED) is 0.584. The van der Waals surface area contributed by atoms with Gasteiger partial charge in [0.25, 0.3) is 5.91 Å². The fourth-order valence-corrected chi connectivity index (χ4v) is 3.34. The maximum Gasteiger partial charge on any atom is 0.321 e. The van der Waals surface area contributed by atoms with Crippen molar-refractivity contribution < 1.29 is 9.72 Å². The molecule has 0 spiro atoms. The summed E-state index contributed by atoms with van der Waals surface area (Å²) in [5, 5.41) is 13.7. The number of aryl methyl sites for hydroxylation is 1. The van der Waals surface area contributed by atoms with E-state index in [-0.39, 0.29) is 17.6 Å². The molecule has 0 radical (unpaired) electrons. The number of thiazole rings is 1. The fourth-order valence-electron chi connectivity index (χ4n) is 2.24. The van der Waals surface area contributed by atoms with E-state index in [4.69, 9.17) is 5.73 Å². The largest absolute Gasteiger partial charge is 0.358 e.